The number of carbonyl (C=O) groups is 1. The molecule has 4 nitrogen and oxygen atoms in total. The van der Waals surface area contributed by atoms with Crippen LogP contribution in [0.3, 0.4) is 0 Å². The molecule has 0 aromatic rings. The molecule has 0 amide bonds. The second-order valence-electron chi connectivity index (χ2n) is 3.07. The first-order chi connectivity index (χ1) is 7.26. The first kappa shape index (κ1) is 14.0. The minimum absolute atomic E-state index is 0.240. The van der Waals surface area contributed by atoms with Crippen molar-refractivity contribution in [3.63, 3.8) is 0 Å². The van der Waals surface area contributed by atoms with Crippen LogP contribution in [0.1, 0.15) is 26.7 Å². The van der Waals surface area contributed by atoms with Gasteiger partial charge in [-0.05, 0) is 12.8 Å². The summed E-state index contributed by atoms with van der Waals surface area (Å²) in [5.74, 6) is -0.366. The molecule has 4 heteroatoms. The third-order valence-electron chi connectivity index (χ3n) is 1.57. The molecular formula is C11H20O4. The maximum absolute atomic E-state index is 11.4. The van der Waals surface area contributed by atoms with Crippen LogP contribution in [0.15, 0.2) is 11.8 Å². The molecule has 0 N–H and O–H groups in total. The van der Waals surface area contributed by atoms with Crippen LogP contribution in [0.25, 0.3) is 0 Å². The summed E-state index contributed by atoms with van der Waals surface area (Å²) in [6.45, 7) is 5.25. The molecule has 0 aromatic heterocycles. The van der Waals surface area contributed by atoms with Crippen molar-refractivity contribution in [2.75, 3.05) is 26.9 Å². The predicted molar refractivity (Wildman–Crippen MR) is 57.5 cm³/mol. The topological polar surface area (TPSA) is 44.8 Å². The molecule has 0 aliphatic heterocycles. The van der Waals surface area contributed by atoms with Gasteiger partial charge in [-0.15, -0.1) is 0 Å². The van der Waals surface area contributed by atoms with Gasteiger partial charge in [0.2, 0.25) is 0 Å². The molecule has 0 spiro atoms. The lowest BCUT2D eigenvalue weighted by Crippen LogP contribution is -2.14. The summed E-state index contributed by atoms with van der Waals surface area (Å²) in [5.41, 5.74) is 0.416. The molecule has 0 unspecified atom stereocenters. The number of hydrogen-bond acceptors (Lipinski definition) is 4. The lowest BCUT2D eigenvalue weighted by molar-refractivity contribution is -0.139. The van der Waals surface area contributed by atoms with E-state index < -0.39 is 0 Å². The molecule has 0 radical (unpaired) electrons. The number of esters is 1. The SMILES string of the molecule is CCCOCC(=COC)C(=O)OCCC. The number of ether oxygens (including phenoxy) is 3. The van der Waals surface area contributed by atoms with Crippen LogP contribution >= 0.6 is 0 Å². The van der Waals surface area contributed by atoms with E-state index >= 15 is 0 Å². The summed E-state index contributed by atoms with van der Waals surface area (Å²) in [5, 5.41) is 0. The zero-order valence-electron chi connectivity index (χ0n) is 9.75. The minimum atomic E-state index is -0.366. The fourth-order valence-corrected chi connectivity index (χ4v) is 0.897. The molecule has 15 heavy (non-hydrogen) atoms. The van der Waals surface area contributed by atoms with E-state index in [1.165, 1.54) is 13.4 Å². The van der Waals surface area contributed by atoms with Crippen LogP contribution < -0.4 is 0 Å². The molecule has 0 heterocycles. The van der Waals surface area contributed by atoms with Crippen molar-refractivity contribution in [3.05, 3.63) is 11.8 Å². The van der Waals surface area contributed by atoms with Crippen molar-refractivity contribution in [2.45, 2.75) is 26.7 Å². The van der Waals surface area contributed by atoms with Gasteiger partial charge >= 0.3 is 5.97 Å². The third-order valence-corrected chi connectivity index (χ3v) is 1.57. The average molecular weight is 216 g/mol. The van der Waals surface area contributed by atoms with E-state index in [9.17, 15) is 4.79 Å². The summed E-state index contributed by atoms with van der Waals surface area (Å²) >= 11 is 0. The zero-order chi connectivity index (χ0) is 11.5. The van der Waals surface area contributed by atoms with Gasteiger partial charge in [-0.1, -0.05) is 13.8 Å². The molecule has 0 saturated carbocycles. The van der Waals surface area contributed by atoms with Crippen LogP contribution in [0, 0.1) is 0 Å². The maximum atomic E-state index is 11.4. The Bertz CT molecular complexity index is 199. The lowest BCUT2D eigenvalue weighted by atomic mass is 10.3. The molecule has 0 aliphatic rings. The predicted octanol–water partition coefficient (Wildman–Crippen LogP) is 1.90. The Kier molecular flexibility index (Phi) is 8.87. The highest BCUT2D eigenvalue weighted by molar-refractivity contribution is 5.88. The molecule has 0 rings (SSSR count). The van der Waals surface area contributed by atoms with Gasteiger partial charge < -0.3 is 14.2 Å². The Morgan fingerprint density at radius 2 is 1.87 bits per heavy atom. The van der Waals surface area contributed by atoms with Crippen LogP contribution in [0.4, 0.5) is 0 Å². The van der Waals surface area contributed by atoms with E-state index in [0.717, 1.165) is 12.8 Å². The Balaban J connectivity index is 4.02. The van der Waals surface area contributed by atoms with Crippen molar-refractivity contribution in [1.29, 1.82) is 0 Å². The lowest BCUT2D eigenvalue weighted by Gasteiger charge is -2.07. The van der Waals surface area contributed by atoms with Crippen molar-refractivity contribution < 1.29 is 19.0 Å². The Morgan fingerprint density at radius 3 is 2.40 bits per heavy atom. The molecule has 0 aromatic carbocycles. The normalized spacial score (nSPS) is 11.3. The quantitative estimate of drug-likeness (QED) is 0.269. The zero-order valence-corrected chi connectivity index (χ0v) is 9.75. The summed E-state index contributed by atoms with van der Waals surface area (Å²) < 4.78 is 15.0. The van der Waals surface area contributed by atoms with Gasteiger partial charge in [0.05, 0.1) is 32.2 Å². The third kappa shape index (κ3) is 6.96. The van der Waals surface area contributed by atoms with Crippen molar-refractivity contribution in [1.82, 2.24) is 0 Å². The summed E-state index contributed by atoms with van der Waals surface area (Å²) in [6.07, 6.45) is 3.10. The summed E-state index contributed by atoms with van der Waals surface area (Å²) in [7, 11) is 1.49. The Morgan fingerprint density at radius 1 is 1.20 bits per heavy atom. The summed E-state index contributed by atoms with van der Waals surface area (Å²) in [4.78, 5) is 11.4. The van der Waals surface area contributed by atoms with Gasteiger partial charge in [0.1, 0.15) is 0 Å². The molecule has 88 valence electrons. The highest BCUT2D eigenvalue weighted by Gasteiger charge is 2.11. The van der Waals surface area contributed by atoms with Gasteiger partial charge in [-0.2, -0.15) is 0 Å². The van der Waals surface area contributed by atoms with Gasteiger partial charge in [0.25, 0.3) is 0 Å². The van der Waals surface area contributed by atoms with Crippen molar-refractivity contribution >= 4 is 5.97 Å². The molecular weight excluding hydrogens is 196 g/mol. The fraction of sp³-hybridized carbons (Fsp3) is 0.727. The smallest absolute Gasteiger partial charge is 0.339 e. The summed E-state index contributed by atoms with van der Waals surface area (Å²) in [6, 6.07) is 0. The standard InChI is InChI=1S/C11H20O4/c1-4-6-14-9-10(8-13-3)11(12)15-7-5-2/h8H,4-7,9H2,1-3H3. The van der Waals surface area contributed by atoms with Gasteiger partial charge in [0.15, 0.2) is 0 Å². The van der Waals surface area contributed by atoms with Crippen molar-refractivity contribution in [3.8, 4) is 0 Å². The van der Waals surface area contributed by atoms with Gasteiger partial charge in [-0.3, -0.25) is 0 Å². The van der Waals surface area contributed by atoms with E-state index in [4.69, 9.17) is 14.2 Å². The molecule has 0 aliphatic carbocycles. The van der Waals surface area contributed by atoms with Crippen LogP contribution in [-0.4, -0.2) is 32.9 Å². The van der Waals surface area contributed by atoms with E-state index in [2.05, 4.69) is 0 Å². The number of methoxy groups -OCH3 is 1. The molecule has 0 atom stereocenters. The highest BCUT2D eigenvalue weighted by Crippen LogP contribution is 2.01. The minimum Gasteiger partial charge on any atom is -0.504 e. The molecule has 0 saturated heterocycles. The van der Waals surface area contributed by atoms with Crippen molar-refractivity contribution in [2.24, 2.45) is 0 Å². The number of carbonyl (C=O) groups excluding carboxylic acids is 1. The first-order valence-electron chi connectivity index (χ1n) is 5.22. The number of rotatable bonds is 8. The Hall–Kier alpha value is -1.03. The average Bonchev–Trinajstić information content (AvgIpc) is 2.25. The second-order valence-corrected chi connectivity index (χ2v) is 3.07. The van der Waals surface area contributed by atoms with E-state index in [1.807, 2.05) is 13.8 Å². The monoisotopic (exact) mass is 216 g/mol. The van der Waals surface area contributed by atoms with Gasteiger partial charge in [0, 0.05) is 6.61 Å². The Labute approximate surface area is 91.2 Å². The number of hydrogen-bond donors (Lipinski definition) is 0. The molecule has 0 fully saturated rings. The van der Waals surface area contributed by atoms with Crippen LogP contribution in [0.5, 0.6) is 0 Å². The van der Waals surface area contributed by atoms with Crippen LogP contribution in [0.2, 0.25) is 0 Å². The molecule has 0 bridgehead atoms. The van der Waals surface area contributed by atoms with E-state index in [0.29, 0.717) is 18.8 Å². The van der Waals surface area contributed by atoms with E-state index in [1.54, 1.807) is 0 Å². The largest absolute Gasteiger partial charge is 0.504 e. The fourth-order valence-electron chi connectivity index (χ4n) is 0.897. The highest BCUT2D eigenvalue weighted by atomic mass is 16.5. The first-order valence-corrected chi connectivity index (χ1v) is 5.22. The second kappa shape index (κ2) is 9.52. The maximum Gasteiger partial charge on any atom is 0.339 e. The van der Waals surface area contributed by atoms with E-state index in [-0.39, 0.29) is 12.6 Å². The van der Waals surface area contributed by atoms with Gasteiger partial charge in [-0.25, -0.2) is 4.79 Å². The van der Waals surface area contributed by atoms with Crippen LogP contribution in [-0.2, 0) is 19.0 Å².